The number of urea groups is 1. The molecule has 2 amide bonds. The van der Waals surface area contributed by atoms with Crippen molar-refractivity contribution in [2.24, 2.45) is 0 Å². The standard InChI is InChI=1S/C9H15F3N2O2/c1-3-6(2)13-8(15)14-4-7(5-14)16-9(10,11)12/h6-7H,3-5H2,1-2H3,(H,13,15)/t6-/m1/s1. The number of likely N-dealkylation sites (tertiary alicyclic amines) is 1. The monoisotopic (exact) mass is 240 g/mol. The Balaban J connectivity index is 2.23. The molecule has 0 unspecified atom stereocenters. The highest BCUT2D eigenvalue weighted by atomic mass is 19.4. The number of rotatable bonds is 3. The minimum atomic E-state index is -4.62. The SMILES string of the molecule is CC[C@@H](C)NC(=O)N1CC(OC(F)(F)F)C1. The normalized spacial score (nSPS) is 19.2. The Bertz CT molecular complexity index is 252. The van der Waals surface area contributed by atoms with E-state index in [9.17, 15) is 18.0 Å². The molecule has 1 aliphatic heterocycles. The first-order chi connectivity index (χ1) is 7.31. The maximum atomic E-state index is 11.8. The van der Waals surface area contributed by atoms with E-state index in [1.165, 1.54) is 4.90 Å². The van der Waals surface area contributed by atoms with Crippen LogP contribution in [0, 0.1) is 0 Å². The number of alkyl halides is 3. The molecular formula is C9H15F3N2O2. The van der Waals surface area contributed by atoms with Gasteiger partial charge >= 0.3 is 12.4 Å². The van der Waals surface area contributed by atoms with Gasteiger partial charge in [0, 0.05) is 6.04 Å². The summed E-state index contributed by atoms with van der Waals surface area (Å²) in [7, 11) is 0. The van der Waals surface area contributed by atoms with Crippen LogP contribution in [0.15, 0.2) is 0 Å². The van der Waals surface area contributed by atoms with Gasteiger partial charge in [-0.3, -0.25) is 4.74 Å². The minimum Gasteiger partial charge on any atom is -0.336 e. The Labute approximate surface area is 91.7 Å². The van der Waals surface area contributed by atoms with Crippen LogP contribution in [0.1, 0.15) is 20.3 Å². The first-order valence-corrected chi connectivity index (χ1v) is 5.11. The number of carbonyl (C=O) groups is 1. The number of carbonyl (C=O) groups excluding carboxylic acids is 1. The fourth-order valence-electron chi connectivity index (χ4n) is 1.27. The number of ether oxygens (including phenoxy) is 1. The number of nitrogens with zero attached hydrogens (tertiary/aromatic N) is 1. The van der Waals surface area contributed by atoms with Crippen LogP contribution in [0.2, 0.25) is 0 Å². The lowest BCUT2D eigenvalue weighted by molar-refractivity contribution is -0.352. The molecule has 1 N–H and O–H groups in total. The minimum absolute atomic E-state index is 0.0121. The van der Waals surface area contributed by atoms with Gasteiger partial charge in [0.1, 0.15) is 6.10 Å². The summed E-state index contributed by atoms with van der Waals surface area (Å²) in [6.45, 7) is 3.72. The van der Waals surface area contributed by atoms with Gasteiger partial charge in [-0.2, -0.15) is 0 Å². The van der Waals surface area contributed by atoms with Crippen LogP contribution in [0.3, 0.4) is 0 Å². The Morgan fingerprint density at radius 1 is 1.56 bits per heavy atom. The van der Waals surface area contributed by atoms with E-state index in [4.69, 9.17) is 0 Å². The van der Waals surface area contributed by atoms with E-state index in [0.717, 1.165) is 6.42 Å². The number of hydrogen-bond acceptors (Lipinski definition) is 2. The van der Waals surface area contributed by atoms with Crippen LogP contribution in [0.25, 0.3) is 0 Å². The lowest BCUT2D eigenvalue weighted by atomic mass is 10.2. The third kappa shape index (κ3) is 3.88. The third-order valence-corrected chi connectivity index (χ3v) is 2.42. The largest absolute Gasteiger partial charge is 0.522 e. The summed E-state index contributed by atoms with van der Waals surface area (Å²) >= 11 is 0. The highest BCUT2D eigenvalue weighted by Crippen LogP contribution is 2.23. The van der Waals surface area contributed by atoms with E-state index in [-0.39, 0.29) is 25.2 Å². The van der Waals surface area contributed by atoms with Crippen molar-refractivity contribution in [2.45, 2.75) is 38.8 Å². The first kappa shape index (κ1) is 13.1. The maximum absolute atomic E-state index is 11.8. The molecule has 94 valence electrons. The van der Waals surface area contributed by atoms with Gasteiger partial charge in [0.2, 0.25) is 0 Å². The summed E-state index contributed by atoms with van der Waals surface area (Å²) in [4.78, 5) is 12.7. The van der Waals surface area contributed by atoms with E-state index in [2.05, 4.69) is 10.1 Å². The van der Waals surface area contributed by atoms with Gasteiger partial charge in [0.05, 0.1) is 13.1 Å². The zero-order valence-electron chi connectivity index (χ0n) is 9.17. The molecule has 0 radical (unpaired) electrons. The summed E-state index contributed by atoms with van der Waals surface area (Å²) < 4.78 is 39.1. The molecule has 4 nitrogen and oxygen atoms in total. The molecule has 0 aliphatic carbocycles. The van der Waals surface area contributed by atoms with Crippen molar-refractivity contribution in [3.63, 3.8) is 0 Å². The summed E-state index contributed by atoms with van der Waals surface area (Å²) in [5.41, 5.74) is 0. The molecule has 0 bridgehead atoms. The molecule has 0 aromatic carbocycles. The average Bonchev–Trinajstić information content (AvgIpc) is 2.08. The van der Waals surface area contributed by atoms with Crippen LogP contribution >= 0.6 is 0 Å². The second-order valence-corrected chi connectivity index (χ2v) is 3.85. The van der Waals surface area contributed by atoms with E-state index >= 15 is 0 Å². The lowest BCUT2D eigenvalue weighted by Crippen LogP contribution is -2.59. The van der Waals surface area contributed by atoms with Crippen molar-refractivity contribution in [1.29, 1.82) is 0 Å². The molecular weight excluding hydrogens is 225 g/mol. The predicted octanol–water partition coefficient (Wildman–Crippen LogP) is 1.72. The van der Waals surface area contributed by atoms with Gasteiger partial charge in [-0.15, -0.1) is 13.2 Å². The van der Waals surface area contributed by atoms with Crippen LogP contribution in [0.5, 0.6) is 0 Å². The smallest absolute Gasteiger partial charge is 0.336 e. The molecule has 1 atom stereocenters. The molecule has 1 fully saturated rings. The fraction of sp³-hybridized carbons (Fsp3) is 0.889. The number of nitrogens with one attached hydrogen (secondary N) is 1. The molecule has 0 saturated carbocycles. The Morgan fingerprint density at radius 2 is 2.12 bits per heavy atom. The summed E-state index contributed by atoms with van der Waals surface area (Å²) in [5, 5.41) is 2.67. The van der Waals surface area contributed by atoms with Gasteiger partial charge < -0.3 is 10.2 Å². The first-order valence-electron chi connectivity index (χ1n) is 5.11. The van der Waals surface area contributed by atoms with Gasteiger partial charge in [0.15, 0.2) is 0 Å². The topological polar surface area (TPSA) is 41.6 Å². The predicted molar refractivity (Wildman–Crippen MR) is 50.8 cm³/mol. The lowest BCUT2D eigenvalue weighted by Gasteiger charge is -2.39. The van der Waals surface area contributed by atoms with E-state index in [0.29, 0.717) is 0 Å². The molecule has 0 spiro atoms. The van der Waals surface area contributed by atoms with Crippen molar-refractivity contribution < 1.29 is 22.7 Å². The molecule has 7 heteroatoms. The van der Waals surface area contributed by atoms with Crippen molar-refractivity contribution >= 4 is 6.03 Å². The summed E-state index contributed by atoms with van der Waals surface area (Å²) in [6, 6.07) is -0.313. The zero-order valence-corrected chi connectivity index (χ0v) is 9.17. The summed E-state index contributed by atoms with van der Waals surface area (Å²) in [6.07, 6.45) is -4.77. The molecule has 0 aromatic heterocycles. The van der Waals surface area contributed by atoms with Crippen LogP contribution < -0.4 is 5.32 Å². The van der Waals surface area contributed by atoms with E-state index in [1.54, 1.807) is 0 Å². The second-order valence-electron chi connectivity index (χ2n) is 3.85. The van der Waals surface area contributed by atoms with Crippen molar-refractivity contribution in [3.8, 4) is 0 Å². The van der Waals surface area contributed by atoms with Crippen molar-refractivity contribution in [2.75, 3.05) is 13.1 Å². The maximum Gasteiger partial charge on any atom is 0.522 e. The molecule has 1 saturated heterocycles. The average molecular weight is 240 g/mol. The fourth-order valence-corrected chi connectivity index (χ4v) is 1.27. The zero-order chi connectivity index (χ0) is 12.3. The third-order valence-electron chi connectivity index (χ3n) is 2.42. The number of amides is 2. The molecule has 1 aliphatic rings. The number of halogens is 3. The van der Waals surface area contributed by atoms with Gasteiger partial charge in [-0.05, 0) is 13.3 Å². The number of hydrogen-bond donors (Lipinski definition) is 1. The molecule has 1 rings (SSSR count). The van der Waals surface area contributed by atoms with Gasteiger partial charge in [0.25, 0.3) is 0 Å². The Hall–Kier alpha value is -0.980. The van der Waals surface area contributed by atoms with Crippen molar-refractivity contribution in [3.05, 3.63) is 0 Å². The molecule has 16 heavy (non-hydrogen) atoms. The summed E-state index contributed by atoms with van der Waals surface area (Å²) in [5.74, 6) is 0. The molecule has 0 aromatic rings. The van der Waals surface area contributed by atoms with Crippen LogP contribution in [-0.2, 0) is 4.74 Å². The van der Waals surface area contributed by atoms with E-state index < -0.39 is 12.5 Å². The second kappa shape index (κ2) is 4.90. The van der Waals surface area contributed by atoms with Crippen molar-refractivity contribution in [1.82, 2.24) is 10.2 Å². The van der Waals surface area contributed by atoms with Gasteiger partial charge in [-0.1, -0.05) is 6.92 Å². The van der Waals surface area contributed by atoms with Crippen LogP contribution in [-0.4, -0.2) is 42.5 Å². The van der Waals surface area contributed by atoms with Gasteiger partial charge in [-0.25, -0.2) is 4.79 Å². The highest BCUT2D eigenvalue weighted by molar-refractivity contribution is 5.75. The highest BCUT2D eigenvalue weighted by Gasteiger charge is 2.40. The molecule has 1 heterocycles. The Morgan fingerprint density at radius 3 is 2.56 bits per heavy atom. The van der Waals surface area contributed by atoms with Crippen LogP contribution in [0.4, 0.5) is 18.0 Å². The Kier molecular flexibility index (Phi) is 4.01. The quantitative estimate of drug-likeness (QED) is 0.816. The van der Waals surface area contributed by atoms with E-state index in [1.807, 2.05) is 13.8 Å².